The number of carbonyl (C=O) groups excluding carboxylic acids is 1. The third-order valence-electron chi connectivity index (χ3n) is 5.10. The van der Waals surface area contributed by atoms with E-state index in [4.69, 9.17) is 0 Å². The van der Waals surface area contributed by atoms with E-state index in [9.17, 15) is 115 Å². The van der Waals surface area contributed by atoms with Gasteiger partial charge >= 0.3 is 77.5 Å². The van der Waals surface area contributed by atoms with Gasteiger partial charge in [-0.05, 0) is 0 Å². The Labute approximate surface area is 223 Å². The monoisotopic (exact) mass is 718 g/mol. The van der Waals surface area contributed by atoms with Crippen LogP contribution < -0.4 is 0 Å². The van der Waals surface area contributed by atoms with Crippen LogP contribution in [0.15, 0.2) is 12.7 Å². The van der Waals surface area contributed by atoms with Crippen LogP contribution in [0.1, 0.15) is 12.8 Å². The van der Waals surface area contributed by atoms with Gasteiger partial charge in [0.15, 0.2) is 0 Å². The van der Waals surface area contributed by atoms with Crippen molar-refractivity contribution in [3.05, 3.63) is 12.7 Å². The van der Waals surface area contributed by atoms with E-state index >= 15 is 0 Å². The first-order valence-electron chi connectivity index (χ1n) is 9.74. The Morgan fingerprint density at radius 3 is 0.932 bits per heavy atom. The number of ether oxygens (including phenoxy) is 1. The van der Waals surface area contributed by atoms with Gasteiger partial charge in [-0.1, -0.05) is 6.58 Å². The van der Waals surface area contributed by atoms with Crippen LogP contribution in [0.25, 0.3) is 0 Å². The summed E-state index contributed by atoms with van der Waals surface area (Å²) in [6, 6.07) is 0. The molecule has 0 bridgehead atoms. The van der Waals surface area contributed by atoms with E-state index in [0.29, 0.717) is 0 Å². The lowest BCUT2D eigenvalue weighted by molar-refractivity contribution is -0.482. The maximum absolute atomic E-state index is 13.7. The largest absolute Gasteiger partial charge is 0.473 e. The van der Waals surface area contributed by atoms with E-state index in [0.717, 1.165) is 0 Å². The van der Waals surface area contributed by atoms with Gasteiger partial charge in [0.05, 0.1) is 0 Å². The maximum Gasteiger partial charge on any atom is 0.473 e. The highest BCUT2D eigenvalue weighted by Gasteiger charge is 2.99. The summed E-state index contributed by atoms with van der Waals surface area (Å²) in [5, 5.41) is 0. The van der Waals surface area contributed by atoms with Crippen LogP contribution in [0.4, 0.5) is 110 Å². The number of hydrogen-bond acceptors (Lipinski definition) is 2. The van der Waals surface area contributed by atoms with Crippen molar-refractivity contribution in [2.75, 3.05) is 0 Å². The first kappa shape index (κ1) is 41.5. The lowest BCUT2D eigenvalue weighted by Gasteiger charge is -2.45. The van der Waals surface area contributed by atoms with Gasteiger partial charge in [0.2, 0.25) is 0 Å². The summed E-state index contributed by atoms with van der Waals surface area (Å²) < 4.78 is 336. The fourth-order valence-electron chi connectivity index (χ4n) is 2.48. The second kappa shape index (κ2) is 10.8. The first-order chi connectivity index (χ1) is 18.7. The Morgan fingerprint density at radius 1 is 0.432 bits per heavy atom. The van der Waals surface area contributed by atoms with E-state index in [2.05, 4.69) is 11.3 Å². The summed E-state index contributed by atoms with van der Waals surface area (Å²) in [6.07, 6.45) is -21.4. The van der Waals surface area contributed by atoms with Crippen LogP contribution in [-0.4, -0.2) is 77.5 Å². The van der Waals surface area contributed by atoms with Crippen LogP contribution in [0.2, 0.25) is 0 Å². The predicted octanol–water partition coefficient (Wildman–Crippen LogP) is 9.00. The van der Waals surface area contributed by atoms with Crippen molar-refractivity contribution in [3.8, 4) is 0 Å². The molecule has 0 aliphatic rings. The van der Waals surface area contributed by atoms with Gasteiger partial charge < -0.3 is 4.74 Å². The van der Waals surface area contributed by atoms with Gasteiger partial charge in [-0.25, -0.2) is 4.79 Å². The van der Waals surface area contributed by atoms with E-state index in [1.165, 1.54) is 0 Å². The number of rotatable bonds is 14. The molecule has 0 fully saturated rings. The average molecular weight is 718 g/mol. The zero-order valence-electron chi connectivity index (χ0n) is 19.5. The van der Waals surface area contributed by atoms with Crippen molar-refractivity contribution in [2.45, 2.75) is 84.4 Å². The molecule has 0 aromatic carbocycles. The van der Waals surface area contributed by atoms with Gasteiger partial charge in [0.1, 0.15) is 0 Å². The summed E-state index contributed by atoms with van der Waals surface area (Å²) in [6.45, 7) is 2.16. The summed E-state index contributed by atoms with van der Waals surface area (Å²) in [4.78, 5) is 10.5. The fourth-order valence-corrected chi connectivity index (χ4v) is 2.48. The quantitative estimate of drug-likeness (QED) is 0.102. The molecule has 0 aromatic rings. The Hall–Kier alpha value is -2.54. The molecule has 0 rings (SSSR count). The molecule has 262 valence electrons. The molecule has 0 aromatic heterocycles. The molecular weight excluding hydrogens is 711 g/mol. The molecule has 44 heavy (non-hydrogen) atoms. The SMILES string of the molecule is C=CC(=O)OC(F)(F)C(F)(F)C(F)(F)C(F)(F)C(F)(F)C(F)(F)C(F)(F)C(F)(F)C(F)(F)C(F)(F)C(F)(F)CCC(F)(F)F. The van der Waals surface area contributed by atoms with E-state index in [-0.39, 0.29) is 0 Å². The second-order valence-electron chi connectivity index (χ2n) is 8.13. The average Bonchev–Trinajstić information content (AvgIpc) is 2.80. The molecule has 0 saturated carbocycles. The molecule has 0 N–H and O–H groups in total. The highest BCUT2D eigenvalue weighted by molar-refractivity contribution is 5.81. The minimum atomic E-state index is -9.56. The lowest BCUT2D eigenvalue weighted by atomic mass is 9.85. The van der Waals surface area contributed by atoms with Gasteiger partial charge in [0, 0.05) is 18.9 Å². The number of esters is 1. The lowest BCUT2D eigenvalue weighted by Crippen LogP contribution is -2.77. The normalized spacial score (nSPS) is 16.2. The third-order valence-corrected chi connectivity index (χ3v) is 5.10. The molecule has 2 nitrogen and oxygen atoms in total. The molecule has 0 atom stereocenters. The van der Waals surface area contributed by atoms with Crippen LogP contribution in [0.3, 0.4) is 0 Å². The molecule has 0 saturated heterocycles. The van der Waals surface area contributed by atoms with Gasteiger partial charge in [-0.3, -0.25) is 0 Å². The Bertz CT molecular complexity index is 1070. The van der Waals surface area contributed by atoms with Crippen LogP contribution in [0, 0.1) is 0 Å². The molecule has 0 unspecified atom stereocenters. The first-order valence-corrected chi connectivity index (χ1v) is 9.74. The van der Waals surface area contributed by atoms with Crippen LogP contribution in [0.5, 0.6) is 0 Å². The standard InChI is InChI=1S/C17H7F25O2/c1-2-5(43)44-17(41,42)16(39,40)15(37,38)14(35,36)13(33,34)12(31,32)11(29,30)10(27,28)9(25,26)8(23,24)6(18,19)3-4-7(20,21)22/h2H,1,3-4H2. The van der Waals surface area contributed by atoms with Gasteiger partial charge in [0.25, 0.3) is 0 Å². The molecule has 0 radical (unpaired) electrons. The van der Waals surface area contributed by atoms with Crippen molar-refractivity contribution in [2.24, 2.45) is 0 Å². The predicted molar refractivity (Wildman–Crippen MR) is 86.0 cm³/mol. The zero-order valence-corrected chi connectivity index (χ0v) is 19.5. The minimum absolute atomic E-state index is 0.658. The minimum Gasteiger partial charge on any atom is -0.393 e. The summed E-state index contributed by atoms with van der Waals surface area (Å²) in [5.41, 5.74) is 0. The van der Waals surface area contributed by atoms with Crippen molar-refractivity contribution in [1.82, 2.24) is 0 Å². The molecule has 27 heteroatoms. The highest BCUT2D eigenvalue weighted by atomic mass is 19.4. The molecule has 0 aliphatic carbocycles. The third kappa shape index (κ3) is 5.67. The van der Waals surface area contributed by atoms with Crippen LogP contribution >= 0.6 is 0 Å². The van der Waals surface area contributed by atoms with Crippen molar-refractivity contribution in [1.29, 1.82) is 0 Å². The van der Waals surface area contributed by atoms with Crippen molar-refractivity contribution >= 4 is 5.97 Å². The number of hydrogen-bond donors (Lipinski definition) is 0. The second-order valence-corrected chi connectivity index (χ2v) is 8.13. The van der Waals surface area contributed by atoms with Gasteiger partial charge in [-0.15, -0.1) is 0 Å². The molecular formula is C17H7F25O2. The van der Waals surface area contributed by atoms with E-state index in [1.807, 2.05) is 0 Å². The van der Waals surface area contributed by atoms with Crippen LogP contribution in [-0.2, 0) is 9.53 Å². The van der Waals surface area contributed by atoms with Crippen molar-refractivity contribution in [3.63, 3.8) is 0 Å². The fraction of sp³-hybridized carbons (Fsp3) is 0.824. The molecule has 0 amide bonds. The summed E-state index contributed by atoms with van der Waals surface area (Å²) in [5.74, 6) is -92.6. The van der Waals surface area contributed by atoms with Gasteiger partial charge in [-0.2, -0.15) is 110 Å². The zero-order chi connectivity index (χ0) is 36.4. The molecule has 0 aliphatic heterocycles. The van der Waals surface area contributed by atoms with Crippen molar-refractivity contribution < 1.29 is 119 Å². The Balaban J connectivity index is 7.19. The number of alkyl halides is 25. The topological polar surface area (TPSA) is 26.3 Å². The maximum atomic E-state index is 13.7. The highest BCUT2D eigenvalue weighted by Crippen LogP contribution is 2.67. The number of carbonyl (C=O) groups is 1. The Kier molecular flexibility index (Phi) is 10.2. The van der Waals surface area contributed by atoms with E-state index < -0.39 is 96.4 Å². The summed E-state index contributed by atoms with van der Waals surface area (Å²) >= 11 is 0. The molecule has 0 heterocycles. The number of halogens is 25. The Morgan fingerprint density at radius 2 is 0.682 bits per heavy atom. The van der Waals surface area contributed by atoms with E-state index in [1.54, 1.807) is 0 Å². The smallest absolute Gasteiger partial charge is 0.393 e. The summed E-state index contributed by atoms with van der Waals surface area (Å²) in [7, 11) is 0. The molecule has 0 spiro atoms.